The van der Waals surface area contributed by atoms with Crippen molar-refractivity contribution < 1.29 is 14.9 Å². The Bertz CT molecular complexity index is 393. The maximum Gasteiger partial charge on any atom is 0.128 e. The molecule has 0 amide bonds. The number of pyridine rings is 1. The summed E-state index contributed by atoms with van der Waals surface area (Å²) in [6.45, 7) is 5.84. The molecule has 2 atom stereocenters. The van der Waals surface area contributed by atoms with Gasteiger partial charge in [0.25, 0.3) is 0 Å². The van der Waals surface area contributed by atoms with Crippen molar-refractivity contribution in [1.29, 1.82) is 0 Å². The first-order chi connectivity index (χ1) is 8.51. The van der Waals surface area contributed by atoms with Gasteiger partial charge in [0.15, 0.2) is 0 Å². The number of hydrogen-bond donors (Lipinski definition) is 2. The van der Waals surface area contributed by atoms with Gasteiger partial charge >= 0.3 is 0 Å². The zero-order valence-corrected chi connectivity index (χ0v) is 11.6. The highest BCUT2D eigenvalue weighted by Crippen LogP contribution is 2.25. The van der Waals surface area contributed by atoms with Gasteiger partial charge in [0, 0.05) is 29.4 Å². The van der Waals surface area contributed by atoms with Crippen LogP contribution in [0.4, 0.5) is 0 Å². The van der Waals surface area contributed by atoms with Crippen LogP contribution in [0.15, 0.2) is 6.20 Å². The van der Waals surface area contributed by atoms with Gasteiger partial charge in [-0.05, 0) is 20.3 Å². The molecule has 1 heterocycles. The van der Waals surface area contributed by atoms with Crippen LogP contribution in [0.5, 0.6) is 5.75 Å². The maximum atomic E-state index is 9.93. The van der Waals surface area contributed by atoms with E-state index in [0.29, 0.717) is 12.8 Å². The molecule has 0 saturated carbocycles. The largest absolute Gasteiger partial charge is 0.496 e. The van der Waals surface area contributed by atoms with E-state index < -0.39 is 12.2 Å². The van der Waals surface area contributed by atoms with Crippen molar-refractivity contribution in [3.63, 3.8) is 0 Å². The van der Waals surface area contributed by atoms with Gasteiger partial charge in [-0.1, -0.05) is 13.3 Å². The summed E-state index contributed by atoms with van der Waals surface area (Å²) in [5.41, 5.74) is 2.68. The summed E-state index contributed by atoms with van der Waals surface area (Å²) in [4.78, 5) is 4.32. The summed E-state index contributed by atoms with van der Waals surface area (Å²) < 4.78 is 5.32. The van der Waals surface area contributed by atoms with Crippen LogP contribution in [0.25, 0.3) is 0 Å². The number of aromatic nitrogens is 1. The Morgan fingerprint density at radius 1 is 1.28 bits per heavy atom. The van der Waals surface area contributed by atoms with Gasteiger partial charge in [0.1, 0.15) is 5.75 Å². The van der Waals surface area contributed by atoms with E-state index in [2.05, 4.69) is 4.98 Å². The summed E-state index contributed by atoms with van der Waals surface area (Å²) in [6.07, 6.45) is 2.07. The first kappa shape index (κ1) is 14.9. The average Bonchev–Trinajstić information content (AvgIpc) is 2.33. The van der Waals surface area contributed by atoms with E-state index in [1.165, 1.54) is 0 Å². The van der Waals surface area contributed by atoms with E-state index in [1.54, 1.807) is 13.3 Å². The smallest absolute Gasteiger partial charge is 0.128 e. The molecule has 0 aromatic carbocycles. The van der Waals surface area contributed by atoms with Crippen molar-refractivity contribution in [3.05, 3.63) is 23.0 Å². The summed E-state index contributed by atoms with van der Waals surface area (Å²) in [6, 6.07) is 0. The van der Waals surface area contributed by atoms with E-state index in [4.69, 9.17) is 4.74 Å². The molecule has 0 spiro atoms. The number of aliphatic hydroxyl groups is 2. The lowest BCUT2D eigenvalue weighted by molar-refractivity contribution is 0.0142. The lowest BCUT2D eigenvalue weighted by Gasteiger charge is -2.19. The minimum Gasteiger partial charge on any atom is -0.496 e. The zero-order valence-electron chi connectivity index (χ0n) is 11.6. The van der Waals surface area contributed by atoms with Crippen molar-refractivity contribution >= 4 is 0 Å². The monoisotopic (exact) mass is 253 g/mol. The van der Waals surface area contributed by atoms with Crippen molar-refractivity contribution in [2.24, 2.45) is 0 Å². The third-order valence-corrected chi connectivity index (χ3v) is 3.18. The Hall–Kier alpha value is -1.13. The maximum absolute atomic E-state index is 9.93. The molecule has 0 bridgehead atoms. The fourth-order valence-electron chi connectivity index (χ4n) is 2.10. The van der Waals surface area contributed by atoms with Crippen molar-refractivity contribution in [2.75, 3.05) is 7.11 Å². The second kappa shape index (κ2) is 6.71. The molecular weight excluding hydrogens is 230 g/mol. The second-order valence-electron chi connectivity index (χ2n) is 4.67. The van der Waals surface area contributed by atoms with Crippen LogP contribution in [0.3, 0.4) is 0 Å². The molecular formula is C14H23NO3. The highest BCUT2D eigenvalue weighted by Gasteiger charge is 2.19. The average molecular weight is 253 g/mol. The molecule has 4 heteroatoms. The molecule has 1 aromatic heterocycles. The van der Waals surface area contributed by atoms with Crippen LogP contribution in [0.2, 0.25) is 0 Å². The number of aliphatic hydroxyl groups excluding tert-OH is 2. The van der Waals surface area contributed by atoms with E-state index in [-0.39, 0.29) is 0 Å². The number of methoxy groups -OCH3 is 1. The first-order valence-corrected chi connectivity index (χ1v) is 6.36. The molecule has 0 aliphatic rings. The molecule has 102 valence electrons. The zero-order chi connectivity index (χ0) is 13.7. The fraction of sp³-hybridized carbons (Fsp3) is 0.643. The predicted molar refractivity (Wildman–Crippen MR) is 70.9 cm³/mol. The van der Waals surface area contributed by atoms with E-state index in [1.807, 2.05) is 20.8 Å². The summed E-state index contributed by atoms with van der Waals surface area (Å²) in [5.74, 6) is 0.803. The molecule has 18 heavy (non-hydrogen) atoms. The Morgan fingerprint density at radius 3 is 2.50 bits per heavy atom. The van der Waals surface area contributed by atoms with Crippen LogP contribution < -0.4 is 4.74 Å². The molecule has 0 saturated heterocycles. The van der Waals surface area contributed by atoms with Crippen molar-refractivity contribution in [3.8, 4) is 5.75 Å². The molecule has 1 rings (SSSR count). The minimum atomic E-state index is -0.774. The predicted octanol–water partition coefficient (Wildman–Crippen LogP) is 1.77. The van der Waals surface area contributed by atoms with Gasteiger partial charge in [-0.2, -0.15) is 0 Å². The molecule has 2 N–H and O–H groups in total. The van der Waals surface area contributed by atoms with Gasteiger partial charge in [0.2, 0.25) is 0 Å². The first-order valence-electron chi connectivity index (χ1n) is 6.36. The second-order valence-corrected chi connectivity index (χ2v) is 4.67. The van der Waals surface area contributed by atoms with Crippen LogP contribution in [-0.4, -0.2) is 34.5 Å². The fourth-order valence-corrected chi connectivity index (χ4v) is 2.10. The Morgan fingerprint density at radius 2 is 1.94 bits per heavy atom. The Balaban J connectivity index is 2.85. The lowest BCUT2D eigenvalue weighted by Crippen LogP contribution is -2.28. The summed E-state index contributed by atoms with van der Waals surface area (Å²) in [5, 5.41) is 19.7. The molecule has 4 nitrogen and oxygen atoms in total. The van der Waals surface area contributed by atoms with Crippen LogP contribution in [-0.2, 0) is 6.42 Å². The number of nitrogens with zero attached hydrogens (tertiary/aromatic N) is 1. The molecule has 0 aliphatic carbocycles. The normalized spacial score (nSPS) is 14.3. The quantitative estimate of drug-likeness (QED) is 0.811. The summed E-state index contributed by atoms with van der Waals surface area (Å²) in [7, 11) is 1.63. The Kier molecular flexibility index (Phi) is 5.56. The molecule has 0 fully saturated rings. The van der Waals surface area contributed by atoms with Crippen LogP contribution in [0, 0.1) is 13.8 Å². The van der Waals surface area contributed by atoms with Crippen LogP contribution in [0.1, 0.15) is 36.6 Å². The van der Waals surface area contributed by atoms with Crippen molar-refractivity contribution in [1.82, 2.24) is 4.98 Å². The number of rotatable bonds is 6. The highest BCUT2D eigenvalue weighted by molar-refractivity contribution is 5.41. The highest BCUT2D eigenvalue weighted by atomic mass is 16.5. The van der Waals surface area contributed by atoms with Gasteiger partial charge in [-0.25, -0.2) is 0 Å². The standard InChI is InChI=1S/C14H23NO3/c1-5-6-12(16)13(17)7-11-10(3)14(18-4)9(2)8-15-11/h8,12-13,16-17H,5-7H2,1-4H3. The third-order valence-electron chi connectivity index (χ3n) is 3.18. The molecule has 0 aliphatic heterocycles. The molecule has 1 aromatic rings. The molecule has 0 radical (unpaired) electrons. The lowest BCUT2D eigenvalue weighted by atomic mass is 10.0. The Labute approximate surface area is 109 Å². The number of ether oxygens (including phenoxy) is 1. The number of aryl methyl sites for hydroxylation is 1. The molecule has 2 unspecified atom stereocenters. The third kappa shape index (κ3) is 3.43. The van der Waals surface area contributed by atoms with Gasteiger partial charge in [0.05, 0.1) is 19.3 Å². The van der Waals surface area contributed by atoms with Crippen LogP contribution >= 0.6 is 0 Å². The van der Waals surface area contributed by atoms with E-state index in [9.17, 15) is 10.2 Å². The van der Waals surface area contributed by atoms with E-state index >= 15 is 0 Å². The van der Waals surface area contributed by atoms with Gasteiger partial charge < -0.3 is 14.9 Å². The topological polar surface area (TPSA) is 62.6 Å². The minimum absolute atomic E-state index is 0.351. The van der Waals surface area contributed by atoms with E-state index in [0.717, 1.165) is 29.0 Å². The SMILES string of the molecule is CCCC(O)C(O)Cc1ncc(C)c(OC)c1C. The summed E-state index contributed by atoms with van der Waals surface area (Å²) >= 11 is 0. The van der Waals surface area contributed by atoms with Gasteiger partial charge in [-0.3, -0.25) is 4.98 Å². The van der Waals surface area contributed by atoms with Gasteiger partial charge in [-0.15, -0.1) is 0 Å². The number of hydrogen-bond acceptors (Lipinski definition) is 4. The van der Waals surface area contributed by atoms with Crippen molar-refractivity contribution in [2.45, 2.75) is 52.2 Å².